The molecule has 142 valence electrons. The van der Waals surface area contributed by atoms with Crippen LogP contribution in [0, 0.1) is 11.3 Å². The molecule has 0 amide bonds. The topological polar surface area (TPSA) is 99.4 Å². The number of hydrogen-bond donors (Lipinski definition) is 2. The first kappa shape index (κ1) is 19.5. The maximum atomic E-state index is 12.2. The van der Waals surface area contributed by atoms with E-state index < -0.39 is 26.9 Å². The van der Waals surface area contributed by atoms with Crippen molar-refractivity contribution in [2.75, 3.05) is 13.2 Å². The monoisotopic (exact) mass is 386 g/mol. The molecule has 6 nitrogen and oxygen atoms in total. The number of nitrogens with zero attached hydrogens (tertiary/aromatic N) is 1. The van der Waals surface area contributed by atoms with Gasteiger partial charge in [0, 0.05) is 0 Å². The van der Waals surface area contributed by atoms with Crippen LogP contribution in [-0.4, -0.2) is 38.0 Å². The molecule has 0 radical (unpaired) electrons. The number of nitrogens with one attached hydrogen (secondary N) is 1. The minimum Gasteiger partial charge on any atom is -0.381 e. The second-order valence-electron chi connectivity index (χ2n) is 6.94. The third kappa shape index (κ3) is 3.75. The van der Waals surface area contributed by atoms with Crippen molar-refractivity contribution in [2.45, 2.75) is 30.7 Å². The van der Waals surface area contributed by atoms with E-state index in [0.717, 1.165) is 11.1 Å². The van der Waals surface area contributed by atoms with Crippen LogP contribution >= 0.6 is 0 Å². The molecule has 1 fully saturated rings. The number of aliphatic hydroxyl groups is 1. The van der Waals surface area contributed by atoms with Crippen LogP contribution in [0.3, 0.4) is 0 Å². The Morgan fingerprint density at radius 2 is 1.89 bits per heavy atom. The van der Waals surface area contributed by atoms with Crippen LogP contribution in [0.4, 0.5) is 0 Å². The van der Waals surface area contributed by atoms with Crippen molar-refractivity contribution < 1.29 is 18.3 Å². The van der Waals surface area contributed by atoms with Gasteiger partial charge in [0.25, 0.3) is 0 Å². The molecular weight excluding hydrogens is 364 g/mol. The maximum Gasteiger partial charge on any atom is 0.214 e. The standard InChI is InChI=1S/C20H22N2O4S/c1-14(2)27(24,25)22-19-12-26-13-20(19,23)17-9-7-15(8-10-17)18-6-4-3-5-16(18)11-21/h3-10,14,19,22-23H,12-13H2,1-2H3. The van der Waals surface area contributed by atoms with E-state index >= 15 is 0 Å². The second kappa shape index (κ2) is 7.41. The highest BCUT2D eigenvalue weighted by molar-refractivity contribution is 7.90. The van der Waals surface area contributed by atoms with Crippen LogP contribution < -0.4 is 4.72 Å². The van der Waals surface area contributed by atoms with Crippen LogP contribution in [-0.2, 0) is 20.4 Å². The van der Waals surface area contributed by atoms with Gasteiger partial charge in [-0.2, -0.15) is 5.26 Å². The van der Waals surface area contributed by atoms with E-state index in [2.05, 4.69) is 10.8 Å². The third-order valence-corrected chi connectivity index (χ3v) is 6.71. The highest BCUT2D eigenvalue weighted by Gasteiger charge is 2.46. The van der Waals surface area contributed by atoms with Crippen molar-refractivity contribution in [3.63, 3.8) is 0 Å². The lowest BCUT2D eigenvalue weighted by molar-refractivity contribution is 0.0121. The van der Waals surface area contributed by atoms with Gasteiger partial charge in [-0.3, -0.25) is 0 Å². The fourth-order valence-corrected chi connectivity index (χ4v) is 4.02. The molecule has 0 bridgehead atoms. The smallest absolute Gasteiger partial charge is 0.214 e. The van der Waals surface area contributed by atoms with Gasteiger partial charge < -0.3 is 9.84 Å². The first-order chi connectivity index (χ1) is 12.8. The average molecular weight is 386 g/mol. The Kier molecular flexibility index (Phi) is 5.36. The van der Waals surface area contributed by atoms with E-state index in [1.807, 2.05) is 24.3 Å². The molecule has 3 rings (SSSR count). The Bertz CT molecular complexity index is 964. The fraction of sp³-hybridized carbons (Fsp3) is 0.350. The third-order valence-electron chi connectivity index (χ3n) is 4.85. The number of ether oxygens (including phenoxy) is 1. The largest absolute Gasteiger partial charge is 0.381 e. The molecule has 0 aromatic heterocycles. The van der Waals surface area contributed by atoms with Crippen LogP contribution in [0.25, 0.3) is 11.1 Å². The zero-order chi connectivity index (χ0) is 19.7. The molecule has 2 N–H and O–H groups in total. The van der Waals surface area contributed by atoms with Crippen LogP contribution in [0.5, 0.6) is 0 Å². The summed E-state index contributed by atoms with van der Waals surface area (Å²) in [6, 6.07) is 15.8. The molecule has 1 heterocycles. The van der Waals surface area contributed by atoms with E-state index in [1.165, 1.54) is 0 Å². The van der Waals surface area contributed by atoms with E-state index in [-0.39, 0.29) is 13.2 Å². The van der Waals surface area contributed by atoms with Gasteiger partial charge in [0.1, 0.15) is 5.60 Å². The Labute approximate surface area is 159 Å². The molecule has 0 spiro atoms. The van der Waals surface area contributed by atoms with Gasteiger partial charge in [-0.1, -0.05) is 42.5 Å². The number of rotatable bonds is 5. The highest BCUT2D eigenvalue weighted by atomic mass is 32.2. The summed E-state index contributed by atoms with van der Waals surface area (Å²) in [6.07, 6.45) is 0. The van der Waals surface area contributed by atoms with Gasteiger partial charge in [0.15, 0.2) is 0 Å². The van der Waals surface area contributed by atoms with Crippen molar-refractivity contribution in [3.05, 3.63) is 59.7 Å². The molecule has 2 aromatic carbocycles. The summed E-state index contributed by atoms with van der Waals surface area (Å²) < 4.78 is 32.4. The molecule has 2 aromatic rings. The number of hydrogen-bond acceptors (Lipinski definition) is 5. The summed E-state index contributed by atoms with van der Waals surface area (Å²) >= 11 is 0. The van der Waals surface area contributed by atoms with E-state index in [0.29, 0.717) is 11.1 Å². The van der Waals surface area contributed by atoms with Gasteiger partial charge in [-0.05, 0) is 36.6 Å². The predicted molar refractivity (Wildman–Crippen MR) is 102 cm³/mol. The Hall–Kier alpha value is -2.24. The zero-order valence-electron chi connectivity index (χ0n) is 15.2. The lowest BCUT2D eigenvalue weighted by Crippen LogP contribution is -2.51. The first-order valence-electron chi connectivity index (χ1n) is 8.69. The molecule has 0 saturated carbocycles. The number of sulfonamides is 1. The minimum atomic E-state index is -3.55. The molecule has 0 aliphatic carbocycles. The van der Waals surface area contributed by atoms with E-state index in [1.54, 1.807) is 38.1 Å². The molecule has 1 saturated heterocycles. The number of benzene rings is 2. The second-order valence-corrected chi connectivity index (χ2v) is 9.21. The zero-order valence-corrected chi connectivity index (χ0v) is 16.0. The van der Waals surface area contributed by atoms with Crippen molar-refractivity contribution >= 4 is 10.0 Å². The lowest BCUT2D eigenvalue weighted by Gasteiger charge is -2.29. The SMILES string of the molecule is CC(C)S(=O)(=O)NC1COCC1(O)c1ccc(-c2ccccc2C#N)cc1. The summed E-state index contributed by atoms with van der Waals surface area (Å²) in [7, 11) is -3.55. The van der Waals surface area contributed by atoms with Crippen molar-refractivity contribution in [3.8, 4) is 17.2 Å². The first-order valence-corrected chi connectivity index (χ1v) is 10.2. The van der Waals surface area contributed by atoms with Gasteiger partial charge in [-0.15, -0.1) is 0 Å². The van der Waals surface area contributed by atoms with Gasteiger partial charge in [0.2, 0.25) is 10.0 Å². The Balaban J connectivity index is 1.91. The van der Waals surface area contributed by atoms with Crippen LogP contribution in [0.1, 0.15) is 25.0 Å². The molecule has 27 heavy (non-hydrogen) atoms. The summed E-state index contributed by atoms with van der Waals surface area (Å²) in [6.45, 7) is 3.27. The molecule has 1 aliphatic heterocycles. The summed E-state index contributed by atoms with van der Waals surface area (Å²) in [4.78, 5) is 0. The quantitative estimate of drug-likeness (QED) is 0.820. The maximum absolute atomic E-state index is 12.2. The summed E-state index contributed by atoms with van der Waals surface area (Å²) in [5, 5.41) is 19.8. The summed E-state index contributed by atoms with van der Waals surface area (Å²) in [5.74, 6) is 0. The van der Waals surface area contributed by atoms with Crippen molar-refractivity contribution in [2.24, 2.45) is 0 Å². The number of nitriles is 1. The van der Waals surface area contributed by atoms with E-state index in [9.17, 15) is 18.8 Å². The molecule has 2 unspecified atom stereocenters. The molecule has 2 atom stereocenters. The fourth-order valence-electron chi connectivity index (χ4n) is 3.09. The van der Waals surface area contributed by atoms with Crippen LogP contribution in [0.15, 0.2) is 48.5 Å². The van der Waals surface area contributed by atoms with Gasteiger partial charge in [-0.25, -0.2) is 13.1 Å². The van der Waals surface area contributed by atoms with Gasteiger partial charge in [0.05, 0.1) is 36.1 Å². The molecular formula is C20H22N2O4S. The van der Waals surface area contributed by atoms with Gasteiger partial charge >= 0.3 is 0 Å². The molecule has 1 aliphatic rings. The lowest BCUT2D eigenvalue weighted by atomic mass is 9.88. The van der Waals surface area contributed by atoms with Crippen molar-refractivity contribution in [1.29, 1.82) is 5.26 Å². The highest BCUT2D eigenvalue weighted by Crippen LogP contribution is 2.33. The predicted octanol–water partition coefficient (Wildman–Crippen LogP) is 2.14. The Morgan fingerprint density at radius 1 is 1.22 bits per heavy atom. The Morgan fingerprint density at radius 3 is 2.52 bits per heavy atom. The van der Waals surface area contributed by atoms with Crippen LogP contribution in [0.2, 0.25) is 0 Å². The minimum absolute atomic E-state index is 0.00636. The average Bonchev–Trinajstić information content (AvgIpc) is 3.02. The normalized spacial score (nSPS) is 22.7. The summed E-state index contributed by atoms with van der Waals surface area (Å²) in [5.41, 5.74) is 1.33. The van der Waals surface area contributed by atoms with E-state index in [4.69, 9.17) is 4.74 Å². The van der Waals surface area contributed by atoms with Crippen molar-refractivity contribution in [1.82, 2.24) is 4.72 Å². The molecule has 7 heteroatoms.